The van der Waals surface area contributed by atoms with E-state index in [1.54, 1.807) is 0 Å². The highest BCUT2D eigenvalue weighted by Gasteiger charge is 2.21. The van der Waals surface area contributed by atoms with Crippen LogP contribution in [0.3, 0.4) is 0 Å². The first-order chi connectivity index (χ1) is 11.3. The van der Waals surface area contributed by atoms with Crippen molar-refractivity contribution in [1.29, 1.82) is 0 Å². The Morgan fingerprint density at radius 3 is 2.38 bits per heavy atom. The third-order valence-corrected chi connectivity index (χ3v) is 3.55. The maximum Gasteiger partial charge on any atom is 0.422 e. The van der Waals surface area contributed by atoms with Crippen molar-refractivity contribution in [1.82, 2.24) is 20.7 Å². The molecule has 0 aromatic rings. The van der Waals surface area contributed by atoms with E-state index < -0.39 is 5.60 Å². The molecule has 24 heavy (non-hydrogen) atoms. The molecule has 0 aromatic carbocycles. The van der Waals surface area contributed by atoms with Gasteiger partial charge in [0.05, 0.1) is 13.2 Å². The maximum absolute atomic E-state index is 11.7. The predicted octanol–water partition coefficient (Wildman–Crippen LogP) is 1.31. The number of nitrogens with zero attached hydrogens (tertiary/aromatic N) is 2. The number of carbonyl (C=O) groups excluding carboxylic acids is 1. The molecule has 0 unspecified atom stereocenters. The van der Waals surface area contributed by atoms with E-state index in [1.165, 1.54) is 0 Å². The summed E-state index contributed by atoms with van der Waals surface area (Å²) in [6.07, 6.45) is -0.381. The Kier molecular flexibility index (Phi) is 9.58. The molecule has 0 bridgehead atoms. The second-order valence-electron chi connectivity index (χ2n) is 7.65. The molecule has 0 spiro atoms. The van der Waals surface area contributed by atoms with Gasteiger partial charge < -0.3 is 14.8 Å². The number of hydrogen-bond acceptors (Lipinski definition) is 6. The fraction of sp³-hybridized carbons (Fsp3) is 0.941. The summed E-state index contributed by atoms with van der Waals surface area (Å²) < 4.78 is 10.9. The van der Waals surface area contributed by atoms with Crippen LogP contribution in [0.1, 0.15) is 34.6 Å². The van der Waals surface area contributed by atoms with Gasteiger partial charge in [-0.2, -0.15) is 0 Å². The lowest BCUT2D eigenvalue weighted by atomic mass is 10.2. The van der Waals surface area contributed by atoms with E-state index in [1.807, 2.05) is 25.8 Å². The molecule has 0 radical (unpaired) electrons. The van der Waals surface area contributed by atoms with E-state index in [9.17, 15) is 4.79 Å². The lowest BCUT2D eigenvalue weighted by Gasteiger charge is -2.34. The van der Waals surface area contributed by atoms with E-state index in [0.717, 1.165) is 59.0 Å². The highest BCUT2D eigenvalue weighted by Crippen LogP contribution is 2.07. The van der Waals surface area contributed by atoms with Crippen molar-refractivity contribution >= 4 is 6.09 Å². The van der Waals surface area contributed by atoms with Crippen molar-refractivity contribution in [2.24, 2.45) is 5.92 Å². The first-order valence-corrected chi connectivity index (χ1v) is 9.01. The van der Waals surface area contributed by atoms with Crippen LogP contribution < -0.4 is 10.7 Å². The Balaban J connectivity index is 2.02. The van der Waals surface area contributed by atoms with E-state index in [0.29, 0.717) is 5.92 Å². The molecule has 1 amide bonds. The van der Waals surface area contributed by atoms with E-state index in [2.05, 4.69) is 29.5 Å². The molecule has 1 aliphatic heterocycles. The molecular formula is C17H36N4O3. The number of nitrogens with one attached hydrogen (secondary N) is 2. The van der Waals surface area contributed by atoms with Crippen molar-refractivity contribution in [3.63, 3.8) is 0 Å². The summed E-state index contributed by atoms with van der Waals surface area (Å²) in [5.74, 6) is 0.676. The van der Waals surface area contributed by atoms with Gasteiger partial charge >= 0.3 is 6.09 Å². The normalized spacial score (nSPS) is 17.2. The van der Waals surface area contributed by atoms with Crippen molar-refractivity contribution in [2.75, 3.05) is 59.0 Å². The van der Waals surface area contributed by atoms with Gasteiger partial charge in [-0.15, -0.1) is 0 Å². The van der Waals surface area contributed by atoms with E-state index in [4.69, 9.17) is 9.47 Å². The molecule has 0 atom stereocenters. The zero-order chi connectivity index (χ0) is 18.0. The second-order valence-corrected chi connectivity index (χ2v) is 7.65. The maximum atomic E-state index is 11.7. The van der Waals surface area contributed by atoms with Gasteiger partial charge in [-0.25, -0.2) is 9.80 Å². The third-order valence-electron chi connectivity index (χ3n) is 3.55. The van der Waals surface area contributed by atoms with Gasteiger partial charge in [-0.3, -0.25) is 10.3 Å². The summed E-state index contributed by atoms with van der Waals surface area (Å²) in [5, 5.41) is 5.28. The van der Waals surface area contributed by atoms with Crippen LogP contribution in [-0.4, -0.2) is 80.6 Å². The molecule has 7 heteroatoms. The van der Waals surface area contributed by atoms with Crippen LogP contribution in [0, 0.1) is 5.92 Å². The molecule has 1 aliphatic rings. The molecule has 7 nitrogen and oxygen atoms in total. The number of hydrogen-bond donors (Lipinski definition) is 2. The first-order valence-electron chi connectivity index (χ1n) is 9.01. The van der Waals surface area contributed by atoms with Crippen molar-refractivity contribution in [2.45, 2.75) is 40.2 Å². The molecule has 1 heterocycles. The lowest BCUT2D eigenvalue weighted by Crippen LogP contribution is -2.54. The molecule has 142 valence electrons. The SMILES string of the molecule is CC(C)CNCCOCCN1CCN(NC(=O)OC(C)(C)C)CC1. The van der Waals surface area contributed by atoms with Crippen LogP contribution in [0.25, 0.3) is 0 Å². The average molecular weight is 345 g/mol. The van der Waals surface area contributed by atoms with Crippen molar-refractivity contribution in [3.8, 4) is 0 Å². The monoisotopic (exact) mass is 344 g/mol. The van der Waals surface area contributed by atoms with Gasteiger partial charge in [0.25, 0.3) is 0 Å². The fourth-order valence-electron chi connectivity index (χ4n) is 2.34. The minimum Gasteiger partial charge on any atom is -0.443 e. The van der Waals surface area contributed by atoms with Gasteiger partial charge in [0.15, 0.2) is 0 Å². The van der Waals surface area contributed by atoms with Crippen LogP contribution in [0.2, 0.25) is 0 Å². The molecule has 2 N–H and O–H groups in total. The van der Waals surface area contributed by atoms with Gasteiger partial charge in [0, 0.05) is 39.3 Å². The zero-order valence-corrected chi connectivity index (χ0v) is 16.1. The Morgan fingerprint density at radius 2 is 1.79 bits per heavy atom. The highest BCUT2D eigenvalue weighted by molar-refractivity contribution is 5.67. The molecule has 1 fully saturated rings. The molecule has 1 saturated heterocycles. The Labute approximate surface area is 147 Å². The van der Waals surface area contributed by atoms with E-state index in [-0.39, 0.29) is 6.09 Å². The van der Waals surface area contributed by atoms with Crippen LogP contribution >= 0.6 is 0 Å². The minimum atomic E-state index is -0.465. The Morgan fingerprint density at radius 1 is 1.12 bits per heavy atom. The summed E-state index contributed by atoms with van der Waals surface area (Å²) in [4.78, 5) is 14.1. The van der Waals surface area contributed by atoms with Gasteiger partial charge in [-0.1, -0.05) is 13.8 Å². The predicted molar refractivity (Wildman–Crippen MR) is 95.9 cm³/mol. The number of hydrazine groups is 1. The summed E-state index contributed by atoms with van der Waals surface area (Å²) in [5.41, 5.74) is 2.34. The summed E-state index contributed by atoms with van der Waals surface area (Å²) >= 11 is 0. The Bertz CT molecular complexity index is 350. The number of piperazine rings is 1. The lowest BCUT2D eigenvalue weighted by molar-refractivity contribution is 0.0181. The summed E-state index contributed by atoms with van der Waals surface area (Å²) in [6.45, 7) is 17.8. The number of amides is 1. The van der Waals surface area contributed by atoms with Gasteiger partial charge in [-0.05, 0) is 33.2 Å². The van der Waals surface area contributed by atoms with Crippen LogP contribution in [-0.2, 0) is 9.47 Å². The average Bonchev–Trinajstić information content (AvgIpc) is 2.45. The minimum absolute atomic E-state index is 0.381. The Hall–Kier alpha value is -0.890. The largest absolute Gasteiger partial charge is 0.443 e. The molecular weight excluding hydrogens is 308 g/mol. The van der Waals surface area contributed by atoms with Gasteiger partial charge in [0.1, 0.15) is 5.60 Å². The number of carbonyl (C=O) groups is 1. The van der Waals surface area contributed by atoms with Gasteiger partial charge in [0.2, 0.25) is 0 Å². The van der Waals surface area contributed by atoms with Crippen LogP contribution in [0.5, 0.6) is 0 Å². The topological polar surface area (TPSA) is 66.1 Å². The third kappa shape index (κ3) is 10.8. The quantitative estimate of drug-likeness (QED) is 0.615. The van der Waals surface area contributed by atoms with E-state index >= 15 is 0 Å². The molecule has 1 rings (SSSR count). The second kappa shape index (κ2) is 10.9. The van der Waals surface area contributed by atoms with Crippen LogP contribution in [0.4, 0.5) is 4.79 Å². The number of ether oxygens (including phenoxy) is 2. The first kappa shape index (κ1) is 21.2. The van der Waals surface area contributed by atoms with Crippen LogP contribution in [0.15, 0.2) is 0 Å². The summed E-state index contributed by atoms with van der Waals surface area (Å²) in [7, 11) is 0. The standard InChI is InChI=1S/C17H36N4O3/c1-15(2)14-18-6-12-23-13-11-20-7-9-21(10-8-20)19-16(22)24-17(3,4)5/h15,18H,6-14H2,1-5H3,(H,19,22). The van der Waals surface area contributed by atoms with Crippen molar-refractivity contribution in [3.05, 3.63) is 0 Å². The molecule has 0 aromatic heterocycles. The smallest absolute Gasteiger partial charge is 0.422 e. The van der Waals surface area contributed by atoms with Crippen molar-refractivity contribution < 1.29 is 14.3 Å². The summed E-state index contributed by atoms with van der Waals surface area (Å²) in [6, 6.07) is 0. The fourth-order valence-corrected chi connectivity index (χ4v) is 2.34. The highest BCUT2D eigenvalue weighted by atomic mass is 16.6. The number of rotatable bonds is 9. The zero-order valence-electron chi connectivity index (χ0n) is 16.1. The molecule has 0 aliphatic carbocycles. The molecule has 0 saturated carbocycles.